The van der Waals surface area contributed by atoms with E-state index in [1.54, 1.807) is 10.9 Å². The molecule has 1 amide bonds. The molecule has 28 heavy (non-hydrogen) atoms. The Bertz CT molecular complexity index is 780. The van der Waals surface area contributed by atoms with Crippen LogP contribution in [0, 0.1) is 12.8 Å². The van der Waals surface area contributed by atoms with Gasteiger partial charge in [-0.15, -0.1) is 0 Å². The number of hydrogen-bond donors (Lipinski definition) is 0. The first-order chi connectivity index (χ1) is 13.7. The lowest BCUT2D eigenvalue weighted by Crippen LogP contribution is -2.41. The predicted octanol–water partition coefficient (Wildman–Crippen LogP) is 2.34. The van der Waals surface area contributed by atoms with Crippen LogP contribution in [0.5, 0.6) is 0 Å². The van der Waals surface area contributed by atoms with Crippen LogP contribution in [0.4, 0.5) is 0 Å². The van der Waals surface area contributed by atoms with Crippen molar-refractivity contribution in [1.29, 1.82) is 0 Å². The molecule has 2 fully saturated rings. The van der Waals surface area contributed by atoms with E-state index >= 15 is 0 Å². The Kier molecular flexibility index (Phi) is 6.04. The van der Waals surface area contributed by atoms with Crippen molar-refractivity contribution in [2.45, 2.75) is 57.9 Å². The van der Waals surface area contributed by atoms with Gasteiger partial charge in [0.05, 0.1) is 6.20 Å². The molecule has 1 unspecified atom stereocenters. The lowest BCUT2D eigenvalue weighted by molar-refractivity contribution is -0.133. The highest BCUT2D eigenvalue weighted by molar-refractivity contribution is 5.76. The van der Waals surface area contributed by atoms with E-state index in [9.17, 15) is 4.79 Å². The maximum Gasteiger partial charge on any atom is 0.244 e. The molecule has 8 nitrogen and oxygen atoms in total. The van der Waals surface area contributed by atoms with Crippen molar-refractivity contribution in [3.8, 4) is 0 Å². The third-order valence-electron chi connectivity index (χ3n) is 5.76. The predicted molar refractivity (Wildman–Crippen MR) is 102 cm³/mol. The van der Waals surface area contributed by atoms with Crippen LogP contribution < -0.4 is 0 Å². The zero-order valence-corrected chi connectivity index (χ0v) is 16.5. The zero-order chi connectivity index (χ0) is 19.3. The van der Waals surface area contributed by atoms with Gasteiger partial charge in [0.2, 0.25) is 11.8 Å². The summed E-state index contributed by atoms with van der Waals surface area (Å²) < 4.78 is 12.6. The number of carbonyl (C=O) groups is 1. The largest absolute Gasteiger partial charge is 0.381 e. The minimum Gasteiger partial charge on any atom is -0.381 e. The quantitative estimate of drug-likeness (QED) is 0.756. The maximum absolute atomic E-state index is 12.6. The molecule has 0 radical (unpaired) electrons. The summed E-state index contributed by atoms with van der Waals surface area (Å²) in [7, 11) is 0. The number of aromatic nitrogens is 4. The van der Waals surface area contributed by atoms with Crippen molar-refractivity contribution in [3.05, 3.63) is 29.7 Å². The molecule has 0 bridgehead atoms. The average Bonchev–Trinajstić information content (AvgIpc) is 3.36. The summed E-state index contributed by atoms with van der Waals surface area (Å²) >= 11 is 0. The molecule has 152 valence electrons. The van der Waals surface area contributed by atoms with E-state index in [1.165, 1.54) is 0 Å². The minimum atomic E-state index is 0.147. The number of hydrogen-bond acceptors (Lipinski definition) is 6. The molecular formula is C20H29N5O3. The van der Waals surface area contributed by atoms with Crippen molar-refractivity contribution >= 4 is 5.91 Å². The second-order valence-corrected chi connectivity index (χ2v) is 8.04. The molecule has 0 spiro atoms. The van der Waals surface area contributed by atoms with Crippen LogP contribution in [0.2, 0.25) is 0 Å². The maximum atomic E-state index is 12.6. The molecule has 2 aliphatic rings. The van der Waals surface area contributed by atoms with Gasteiger partial charge in [0.1, 0.15) is 6.54 Å². The van der Waals surface area contributed by atoms with Crippen molar-refractivity contribution in [2.75, 3.05) is 26.3 Å². The SMILES string of the molecule is Cc1cnn(CC(=O)N2CCCC(CCc3noc(C4CCOCC4)n3)C2)c1. The third-order valence-corrected chi connectivity index (χ3v) is 5.76. The number of piperidine rings is 1. The molecule has 4 heterocycles. The molecule has 2 aliphatic heterocycles. The summed E-state index contributed by atoms with van der Waals surface area (Å²) in [5.41, 5.74) is 1.07. The van der Waals surface area contributed by atoms with E-state index in [4.69, 9.17) is 9.26 Å². The van der Waals surface area contributed by atoms with E-state index in [-0.39, 0.29) is 5.91 Å². The number of carbonyl (C=O) groups excluding carboxylic acids is 1. The topological polar surface area (TPSA) is 86.3 Å². The van der Waals surface area contributed by atoms with E-state index in [0.717, 1.165) is 82.1 Å². The van der Waals surface area contributed by atoms with Crippen LogP contribution >= 0.6 is 0 Å². The van der Waals surface area contributed by atoms with Gasteiger partial charge in [-0.3, -0.25) is 9.48 Å². The summed E-state index contributed by atoms with van der Waals surface area (Å²) in [6.45, 7) is 5.49. The Labute approximate surface area is 165 Å². The van der Waals surface area contributed by atoms with Crippen LogP contribution in [0.1, 0.15) is 55.3 Å². The number of likely N-dealkylation sites (tertiary alicyclic amines) is 1. The molecule has 8 heteroatoms. The zero-order valence-electron chi connectivity index (χ0n) is 16.5. The van der Waals surface area contributed by atoms with Crippen molar-refractivity contribution < 1.29 is 14.1 Å². The highest BCUT2D eigenvalue weighted by Crippen LogP contribution is 2.26. The van der Waals surface area contributed by atoms with Crippen LogP contribution in [-0.4, -0.2) is 57.0 Å². The van der Waals surface area contributed by atoms with Gasteiger partial charge in [0.15, 0.2) is 5.82 Å². The molecule has 0 saturated carbocycles. The van der Waals surface area contributed by atoms with E-state index in [2.05, 4.69) is 15.2 Å². The molecule has 0 aromatic carbocycles. The summed E-state index contributed by atoms with van der Waals surface area (Å²) in [6.07, 6.45) is 9.59. The van der Waals surface area contributed by atoms with Gasteiger partial charge < -0.3 is 14.2 Å². The van der Waals surface area contributed by atoms with Gasteiger partial charge in [-0.2, -0.15) is 10.1 Å². The van der Waals surface area contributed by atoms with Gasteiger partial charge in [0, 0.05) is 44.8 Å². The van der Waals surface area contributed by atoms with Gasteiger partial charge in [-0.1, -0.05) is 5.16 Å². The molecule has 0 aliphatic carbocycles. The van der Waals surface area contributed by atoms with Gasteiger partial charge in [0.25, 0.3) is 0 Å². The van der Waals surface area contributed by atoms with E-state index in [1.807, 2.05) is 18.0 Å². The minimum absolute atomic E-state index is 0.147. The second-order valence-electron chi connectivity index (χ2n) is 8.04. The molecule has 2 aromatic heterocycles. The smallest absolute Gasteiger partial charge is 0.244 e. The summed E-state index contributed by atoms with van der Waals surface area (Å²) in [5.74, 6) is 2.52. The van der Waals surface area contributed by atoms with Crippen LogP contribution in [0.25, 0.3) is 0 Å². The normalized spacial score (nSPS) is 21.2. The third kappa shape index (κ3) is 4.79. The van der Waals surface area contributed by atoms with E-state index in [0.29, 0.717) is 18.4 Å². The highest BCUT2D eigenvalue weighted by atomic mass is 16.5. The first kappa shape index (κ1) is 19.1. The number of amides is 1. The molecule has 0 N–H and O–H groups in total. The van der Waals surface area contributed by atoms with Gasteiger partial charge in [-0.05, 0) is 50.5 Å². The Morgan fingerprint density at radius 2 is 2.14 bits per heavy atom. The monoisotopic (exact) mass is 387 g/mol. The summed E-state index contributed by atoms with van der Waals surface area (Å²) in [5, 5.41) is 8.39. The lowest BCUT2D eigenvalue weighted by atomic mass is 9.93. The van der Waals surface area contributed by atoms with Gasteiger partial charge in [-0.25, -0.2) is 0 Å². The molecule has 2 saturated heterocycles. The van der Waals surface area contributed by atoms with Crippen molar-refractivity contribution in [3.63, 3.8) is 0 Å². The fourth-order valence-corrected chi connectivity index (χ4v) is 4.13. The van der Waals surface area contributed by atoms with E-state index < -0.39 is 0 Å². The molecule has 2 aromatic rings. The number of nitrogens with zero attached hydrogens (tertiary/aromatic N) is 5. The Balaban J connectivity index is 1.26. The lowest BCUT2D eigenvalue weighted by Gasteiger charge is -2.32. The standard InChI is InChI=1S/C20H29N5O3/c1-15-11-21-25(12-15)14-19(26)24-8-2-3-16(13-24)4-5-18-22-20(28-23-18)17-6-9-27-10-7-17/h11-12,16-17H,2-10,13-14H2,1H3. The van der Waals surface area contributed by atoms with Gasteiger partial charge >= 0.3 is 0 Å². The summed E-state index contributed by atoms with van der Waals surface area (Å²) in [4.78, 5) is 19.2. The average molecular weight is 387 g/mol. The van der Waals surface area contributed by atoms with Crippen LogP contribution in [0.15, 0.2) is 16.9 Å². The first-order valence-electron chi connectivity index (χ1n) is 10.3. The first-order valence-corrected chi connectivity index (χ1v) is 10.3. The molecular weight excluding hydrogens is 358 g/mol. The van der Waals surface area contributed by atoms with Crippen molar-refractivity contribution in [1.82, 2.24) is 24.8 Å². The Morgan fingerprint density at radius 1 is 1.29 bits per heavy atom. The Hall–Kier alpha value is -2.22. The van der Waals surface area contributed by atoms with Crippen LogP contribution in [-0.2, 0) is 22.5 Å². The van der Waals surface area contributed by atoms with Crippen LogP contribution in [0.3, 0.4) is 0 Å². The Morgan fingerprint density at radius 3 is 2.93 bits per heavy atom. The second kappa shape index (κ2) is 8.86. The number of aryl methyl sites for hydroxylation is 2. The fourth-order valence-electron chi connectivity index (χ4n) is 4.13. The summed E-state index contributed by atoms with van der Waals surface area (Å²) in [6, 6.07) is 0. The highest BCUT2D eigenvalue weighted by Gasteiger charge is 2.25. The number of rotatable bonds is 6. The molecule has 4 rings (SSSR count). The fraction of sp³-hybridized carbons (Fsp3) is 0.700. The van der Waals surface area contributed by atoms with Crippen molar-refractivity contribution in [2.24, 2.45) is 5.92 Å². The molecule has 1 atom stereocenters. The number of ether oxygens (including phenoxy) is 1.